The van der Waals surface area contributed by atoms with Crippen molar-refractivity contribution < 1.29 is 0 Å². The van der Waals surface area contributed by atoms with E-state index >= 15 is 0 Å². The van der Waals surface area contributed by atoms with E-state index in [4.69, 9.17) is 0 Å². The molecule has 2 aliphatic carbocycles. The van der Waals surface area contributed by atoms with Crippen LogP contribution in [0, 0.1) is 6.92 Å². The first-order valence-corrected chi connectivity index (χ1v) is 25.0. The van der Waals surface area contributed by atoms with Crippen LogP contribution in [0.4, 0.5) is 34.1 Å². The second kappa shape index (κ2) is 14.0. The molecule has 6 aromatic carbocycles. The highest BCUT2D eigenvalue weighted by molar-refractivity contribution is 7.00. The van der Waals surface area contributed by atoms with Crippen LogP contribution in [-0.2, 0) is 37.9 Å². The van der Waals surface area contributed by atoms with Crippen molar-refractivity contribution in [3.05, 3.63) is 148 Å². The Labute approximate surface area is 399 Å². The zero-order chi connectivity index (χ0) is 47.6. The highest BCUT2D eigenvalue weighted by Gasteiger charge is 2.50. The van der Waals surface area contributed by atoms with E-state index < -0.39 is 0 Å². The number of anilines is 6. The highest BCUT2D eigenvalue weighted by Crippen LogP contribution is 2.56. The van der Waals surface area contributed by atoms with Crippen LogP contribution in [0.3, 0.4) is 0 Å². The predicted molar refractivity (Wildman–Crippen MR) is 288 cm³/mol. The van der Waals surface area contributed by atoms with Crippen molar-refractivity contribution in [3.63, 3.8) is 0 Å². The molecule has 2 heterocycles. The average molecular weight is 871 g/mol. The zero-order valence-electron chi connectivity index (χ0n) is 43.7. The van der Waals surface area contributed by atoms with Crippen molar-refractivity contribution >= 4 is 57.2 Å². The van der Waals surface area contributed by atoms with Gasteiger partial charge in [0.1, 0.15) is 0 Å². The summed E-state index contributed by atoms with van der Waals surface area (Å²) < 4.78 is 0. The Bertz CT molecular complexity index is 2990. The number of nitrogens with zero attached hydrogens (tertiary/aromatic N) is 2. The third-order valence-corrected chi connectivity index (χ3v) is 16.4. The third-order valence-electron chi connectivity index (χ3n) is 16.4. The maximum absolute atomic E-state index is 2.72. The molecule has 0 fully saturated rings. The van der Waals surface area contributed by atoms with Crippen molar-refractivity contribution in [2.75, 3.05) is 9.80 Å². The Morgan fingerprint density at radius 3 is 1.39 bits per heavy atom. The first-order chi connectivity index (χ1) is 30.5. The Morgan fingerprint density at radius 2 is 0.848 bits per heavy atom. The van der Waals surface area contributed by atoms with Crippen molar-refractivity contribution in [1.29, 1.82) is 0 Å². The van der Waals surface area contributed by atoms with E-state index in [-0.39, 0.29) is 44.6 Å². The summed E-state index contributed by atoms with van der Waals surface area (Å²) in [6.07, 6.45) is 2.26. The number of rotatable bonds is 3. The lowest BCUT2D eigenvalue weighted by Gasteiger charge is -2.46. The number of hydrogen-bond donors (Lipinski definition) is 0. The number of hydrogen-bond acceptors (Lipinski definition) is 2. The Morgan fingerprint density at radius 1 is 0.409 bits per heavy atom. The van der Waals surface area contributed by atoms with Crippen LogP contribution in [0.25, 0.3) is 11.1 Å². The van der Waals surface area contributed by atoms with Crippen molar-refractivity contribution in [3.8, 4) is 11.1 Å². The Kier molecular flexibility index (Phi) is 9.52. The summed E-state index contributed by atoms with van der Waals surface area (Å²) in [5.41, 5.74) is 25.9. The first-order valence-electron chi connectivity index (χ1n) is 25.0. The van der Waals surface area contributed by atoms with Gasteiger partial charge in [-0.15, -0.1) is 0 Å². The Hall–Kier alpha value is -5.02. The molecule has 10 rings (SSSR count). The minimum atomic E-state index is -0.118. The molecule has 0 spiro atoms. The van der Waals surface area contributed by atoms with Crippen molar-refractivity contribution in [2.24, 2.45) is 0 Å². The van der Waals surface area contributed by atoms with Gasteiger partial charge in [-0.2, -0.15) is 0 Å². The number of aryl methyl sites for hydroxylation is 1. The molecule has 66 heavy (non-hydrogen) atoms. The molecule has 0 saturated carbocycles. The molecule has 0 aromatic heterocycles. The summed E-state index contributed by atoms with van der Waals surface area (Å²) in [5.74, 6) is 0. The maximum atomic E-state index is 2.72. The molecule has 2 aliphatic heterocycles. The zero-order valence-corrected chi connectivity index (χ0v) is 43.7. The van der Waals surface area contributed by atoms with Gasteiger partial charge in [-0.05, 0) is 167 Å². The van der Waals surface area contributed by atoms with Crippen LogP contribution < -0.4 is 26.2 Å². The Balaban J connectivity index is 1.38. The van der Waals surface area contributed by atoms with Crippen LogP contribution in [0.5, 0.6) is 0 Å². The average Bonchev–Trinajstić information content (AvgIpc) is 3.51. The second-order valence-electron chi connectivity index (χ2n) is 26.7. The summed E-state index contributed by atoms with van der Waals surface area (Å²) in [6.45, 7) is 43.5. The molecule has 0 amide bonds. The third kappa shape index (κ3) is 6.78. The van der Waals surface area contributed by atoms with Crippen LogP contribution in [0.1, 0.15) is 175 Å². The normalized spacial score (nSPS) is 18.4. The molecule has 340 valence electrons. The van der Waals surface area contributed by atoms with E-state index in [1.165, 1.54) is 106 Å². The lowest BCUT2D eigenvalue weighted by molar-refractivity contribution is 0.402. The SMILES string of the molecule is Cc1cc2c(cc1N1c3cc(C(C)(C)C)ccc3B3c4cc5c(cc4N(c4ccc(C(C)(C)C)cc4-c4ccccc4)c4cc(C(C)(C)C)cc1c43)C(C)(C)CC5(C)C)C(C)(C)CC2(C)C. The van der Waals surface area contributed by atoms with Gasteiger partial charge < -0.3 is 9.80 Å². The van der Waals surface area contributed by atoms with Gasteiger partial charge in [0.2, 0.25) is 0 Å². The van der Waals surface area contributed by atoms with Gasteiger partial charge in [0, 0.05) is 34.0 Å². The summed E-state index contributed by atoms with van der Waals surface area (Å²) in [4.78, 5) is 5.43. The van der Waals surface area contributed by atoms with E-state index in [1.807, 2.05) is 0 Å². The van der Waals surface area contributed by atoms with Gasteiger partial charge in [-0.3, -0.25) is 0 Å². The van der Waals surface area contributed by atoms with Gasteiger partial charge in [-0.1, -0.05) is 178 Å². The van der Waals surface area contributed by atoms with Crippen molar-refractivity contribution in [1.82, 2.24) is 0 Å². The fourth-order valence-corrected chi connectivity index (χ4v) is 13.3. The van der Waals surface area contributed by atoms with E-state index in [0.717, 1.165) is 12.8 Å². The van der Waals surface area contributed by atoms with Gasteiger partial charge in [0.05, 0.1) is 5.69 Å². The number of benzene rings is 6. The quantitative estimate of drug-likeness (QED) is 0.163. The van der Waals surface area contributed by atoms with Crippen LogP contribution in [0.15, 0.2) is 103 Å². The lowest BCUT2D eigenvalue weighted by Crippen LogP contribution is -2.62. The van der Waals surface area contributed by atoms with Crippen LogP contribution in [-0.4, -0.2) is 6.71 Å². The van der Waals surface area contributed by atoms with E-state index in [0.29, 0.717) is 0 Å². The first kappa shape index (κ1) is 44.8. The lowest BCUT2D eigenvalue weighted by atomic mass is 9.33. The molecule has 0 atom stereocenters. The molecule has 6 aromatic rings. The van der Waals surface area contributed by atoms with Gasteiger partial charge in [0.15, 0.2) is 0 Å². The van der Waals surface area contributed by atoms with Crippen molar-refractivity contribution in [2.45, 2.75) is 175 Å². The van der Waals surface area contributed by atoms with Crippen LogP contribution in [0.2, 0.25) is 0 Å². The van der Waals surface area contributed by atoms with Crippen LogP contribution >= 0.6 is 0 Å². The molecular weight excluding hydrogens is 796 g/mol. The summed E-state index contributed by atoms with van der Waals surface area (Å²) in [5, 5.41) is 0. The fraction of sp³-hybridized carbons (Fsp3) is 0.429. The smallest absolute Gasteiger partial charge is 0.252 e. The molecule has 0 bridgehead atoms. The molecule has 2 nitrogen and oxygen atoms in total. The minimum absolute atomic E-state index is 0.0116. The summed E-state index contributed by atoms with van der Waals surface area (Å²) in [6, 6.07) is 41.7. The predicted octanol–water partition coefficient (Wildman–Crippen LogP) is 15.6. The molecule has 0 saturated heterocycles. The van der Waals surface area contributed by atoms with Gasteiger partial charge >= 0.3 is 0 Å². The summed E-state index contributed by atoms with van der Waals surface area (Å²) in [7, 11) is 0. The van der Waals surface area contributed by atoms with Gasteiger partial charge in [-0.25, -0.2) is 0 Å². The highest BCUT2D eigenvalue weighted by atomic mass is 15.2. The molecule has 0 unspecified atom stereocenters. The molecule has 0 radical (unpaired) electrons. The standard InChI is InChI=1S/C63H75BN2/c1-38-28-44-46(62(15,16)36-60(44,11)12)34-51(38)66-52-30-41(58(5,6)7)24-26-48(52)64-49-33-45-47(63(17,18)37-61(45,13)14)35-53(49)65(54-31-42(59(8,9)10)32-55(66)56(54)64)50-27-25-40(57(2,3)4)29-43(50)39-22-20-19-21-23-39/h19-35H,36-37H2,1-18H3. The van der Waals surface area contributed by atoms with E-state index in [2.05, 4.69) is 238 Å². The van der Waals surface area contributed by atoms with Gasteiger partial charge in [0.25, 0.3) is 6.71 Å². The molecular formula is C63H75BN2. The van der Waals surface area contributed by atoms with E-state index in [9.17, 15) is 0 Å². The minimum Gasteiger partial charge on any atom is -0.311 e. The number of fused-ring (bicyclic) bond motifs is 6. The fourth-order valence-electron chi connectivity index (χ4n) is 13.3. The molecule has 3 heteroatoms. The molecule has 0 N–H and O–H groups in total. The summed E-state index contributed by atoms with van der Waals surface area (Å²) >= 11 is 0. The maximum Gasteiger partial charge on any atom is 0.252 e. The van der Waals surface area contributed by atoms with E-state index in [1.54, 1.807) is 0 Å². The topological polar surface area (TPSA) is 6.48 Å². The monoisotopic (exact) mass is 871 g/mol. The largest absolute Gasteiger partial charge is 0.311 e. The molecule has 4 aliphatic rings. The second-order valence-corrected chi connectivity index (χ2v) is 26.7.